The number of pyridine rings is 2. The third-order valence-electron chi connectivity index (χ3n) is 5.19. The summed E-state index contributed by atoms with van der Waals surface area (Å²) >= 11 is 0. The summed E-state index contributed by atoms with van der Waals surface area (Å²) in [6, 6.07) is 18.7. The van der Waals surface area contributed by atoms with E-state index in [1.807, 2.05) is 48.5 Å². The first-order valence-corrected chi connectivity index (χ1v) is 10.3. The van der Waals surface area contributed by atoms with Crippen molar-refractivity contribution in [1.82, 2.24) is 19.8 Å². The highest BCUT2D eigenvalue weighted by molar-refractivity contribution is 5.94. The van der Waals surface area contributed by atoms with Gasteiger partial charge < -0.3 is 14.5 Å². The van der Waals surface area contributed by atoms with Crippen LogP contribution in [0.1, 0.15) is 21.6 Å². The maximum atomic E-state index is 12.9. The Morgan fingerprint density at radius 3 is 2.32 bits per heavy atom. The van der Waals surface area contributed by atoms with Crippen molar-refractivity contribution in [3.05, 3.63) is 89.9 Å². The molecule has 0 bridgehead atoms. The third kappa shape index (κ3) is 5.45. The van der Waals surface area contributed by atoms with Crippen LogP contribution in [0.3, 0.4) is 0 Å². The lowest BCUT2D eigenvalue weighted by Crippen LogP contribution is -2.51. The lowest BCUT2D eigenvalue weighted by atomic mass is 10.2. The van der Waals surface area contributed by atoms with E-state index in [1.54, 1.807) is 34.3 Å². The molecule has 1 aromatic carbocycles. The zero-order valence-corrected chi connectivity index (χ0v) is 17.2. The van der Waals surface area contributed by atoms with Gasteiger partial charge in [0.1, 0.15) is 6.61 Å². The Hall–Kier alpha value is -3.74. The van der Waals surface area contributed by atoms with Gasteiger partial charge in [-0.05, 0) is 23.8 Å². The van der Waals surface area contributed by atoms with Crippen LogP contribution >= 0.6 is 0 Å². The van der Waals surface area contributed by atoms with Gasteiger partial charge in [0.2, 0.25) is 11.8 Å². The van der Waals surface area contributed by atoms with Crippen molar-refractivity contribution < 1.29 is 14.3 Å². The second-order valence-corrected chi connectivity index (χ2v) is 7.33. The first-order chi connectivity index (χ1) is 15.2. The molecule has 1 fully saturated rings. The highest BCUT2D eigenvalue weighted by Gasteiger charge is 2.25. The largest absolute Gasteiger partial charge is 0.473 e. The van der Waals surface area contributed by atoms with Crippen LogP contribution in [0.25, 0.3) is 0 Å². The number of rotatable bonds is 6. The average molecular weight is 416 g/mol. The van der Waals surface area contributed by atoms with E-state index in [-0.39, 0.29) is 18.2 Å². The number of carbonyl (C=O) groups excluding carboxylic acids is 2. The third-order valence-corrected chi connectivity index (χ3v) is 5.19. The first kappa shape index (κ1) is 20.5. The summed E-state index contributed by atoms with van der Waals surface area (Å²) in [4.78, 5) is 37.4. The molecule has 0 aliphatic carbocycles. The highest BCUT2D eigenvalue weighted by Crippen LogP contribution is 2.15. The number of piperazine rings is 1. The van der Waals surface area contributed by atoms with Crippen LogP contribution < -0.4 is 4.74 Å². The standard InChI is InChI=1S/C24H24N4O3/c29-23(17-21-8-4-5-10-25-21)27-12-14-28(15-13-27)24(30)20-9-11-26-22(16-20)31-18-19-6-2-1-3-7-19/h1-11,16H,12-15,17-18H2. The summed E-state index contributed by atoms with van der Waals surface area (Å²) in [7, 11) is 0. The molecule has 2 aromatic heterocycles. The van der Waals surface area contributed by atoms with Crippen LogP contribution in [-0.4, -0.2) is 57.8 Å². The molecule has 0 saturated carbocycles. The second kappa shape index (κ2) is 9.84. The smallest absolute Gasteiger partial charge is 0.254 e. The maximum absolute atomic E-state index is 12.9. The van der Waals surface area contributed by atoms with Gasteiger partial charge in [0, 0.05) is 55.9 Å². The van der Waals surface area contributed by atoms with E-state index in [9.17, 15) is 9.59 Å². The SMILES string of the molecule is O=C(Cc1ccccn1)N1CCN(C(=O)c2ccnc(OCc3ccccc3)c2)CC1. The van der Waals surface area contributed by atoms with Crippen molar-refractivity contribution in [2.45, 2.75) is 13.0 Å². The molecule has 3 aromatic rings. The molecular formula is C24H24N4O3. The van der Waals surface area contributed by atoms with Crippen LogP contribution in [-0.2, 0) is 17.8 Å². The van der Waals surface area contributed by atoms with Gasteiger partial charge in [-0.3, -0.25) is 14.6 Å². The summed E-state index contributed by atoms with van der Waals surface area (Å²) < 4.78 is 5.73. The number of amides is 2. The predicted octanol–water partition coefficient (Wildman–Crippen LogP) is 2.58. The molecular weight excluding hydrogens is 392 g/mol. The molecule has 0 N–H and O–H groups in total. The number of nitrogens with zero attached hydrogens (tertiary/aromatic N) is 4. The van der Waals surface area contributed by atoms with Crippen LogP contribution in [0.5, 0.6) is 5.88 Å². The molecule has 0 spiro atoms. The van der Waals surface area contributed by atoms with Gasteiger partial charge >= 0.3 is 0 Å². The van der Waals surface area contributed by atoms with Gasteiger partial charge in [-0.15, -0.1) is 0 Å². The number of aromatic nitrogens is 2. The molecule has 7 heteroatoms. The number of benzene rings is 1. The Morgan fingerprint density at radius 1 is 0.839 bits per heavy atom. The number of hydrogen-bond acceptors (Lipinski definition) is 5. The zero-order valence-electron chi connectivity index (χ0n) is 17.2. The molecule has 4 rings (SSSR count). The van der Waals surface area contributed by atoms with Gasteiger partial charge in [-0.1, -0.05) is 36.4 Å². The van der Waals surface area contributed by atoms with E-state index < -0.39 is 0 Å². The van der Waals surface area contributed by atoms with E-state index >= 15 is 0 Å². The second-order valence-electron chi connectivity index (χ2n) is 7.33. The predicted molar refractivity (Wildman–Crippen MR) is 115 cm³/mol. The molecule has 3 heterocycles. The quantitative estimate of drug-likeness (QED) is 0.617. The molecule has 1 aliphatic heterocycles. The topological polar surface area (TPSA) is 75.6 Å². The lowest BCUT2D eigenvalue weighted by molar-refractivity contribution is -0.132. The molecule has 0 atom stereocenters. The zero-order chi connectivity index (χ0) is 21.5. The fourth-order valence-corrected chi connectivity index (χ4v) is 3.46. The molecule has 31 heavy (non-hydrogen) atoms. The van der Waals surface area contributed by atoms with E-state index in [2.05, 4.69) is 9.97 Å². The Balaban J connectivity index is 1.30. The molecule has 7 nitrogen and oxygen atoms in total. The highest BCUT2D eigenvalue weighted by atomic mass is 16.5. The lowest BCUT2D eigenvalue weighted by Gasteiger charge is -2.34. The number of ether oxygens (including phenoxy) is 1. The summed E-state index contributed by atoms with van der Waals surface area (Å²) in [5.41, 5.74) is 2.32. The van der Waals surface area contributed by atoms with Crippen molar-refractivity contribution in [2.24, 2.45) is 0 Å². The summed E-state index contributed by atoms with van der Waals surface area (Å²) in [6.07, 6.45) is 3.55. The van der Waals surface area contributed by atoms with Crippen molar-refractivity contribution in [3.8, 4) is 5.88 Å². The van der Waals surface area contributed by atoms with Gasteiger partial charge in [0.15, 0.2) is 0 Å². The van der Waals surface area contributed by atoms with Crippen LogP contribution in [0.15, 0.2) is 73.1 Å². The fourth-order valence-electron chi connectivity index (χ4n) is 3.46. The molecule has 2 amide bonds. The maximum Gasteiger partial charge on any atom is 0.254 e. The van der Waals surface area contributed by atoms with E-state index in [1.165, 1.54) is 0 Å². The molecule has 0 unspecified atom stereocenters. The van der Waals surface area contributed by atoms with Crippen LogP contribution in [0.4, 0.5) is 0 Å². The van der Waals surface area contributed by atoms with Gasteiger partial charge in [0.05, 0.1) is 6.42 Å². The first-order valence-electron chi connectivity index (χ1n) is 10.3. The Bertz CT molecular complexity index is 1020. The minimum Gasteiger partial charge on any atom is -0.473 e. The number of carbonyl (C=O) groups is 2. The summed E-state index contributed by atoms with van der Waals surface area (Å²) in [6.45, 7) is 2.41. The normalized spacial score (nSPS) is 13.7. The molecule has 0 radical (unpaired) electrons. The minimum atomic E-state index is -0.0798. The van der Waals surface area contributed by atoms with Crippen molar-refractivity contribution >= 4 is 11.8 Å². The Labute approximate surface area is 181 Å². The van der Waals surface area contributed by atoms with Gasteiger partial charge in [-0.2, -0.15) is 0 Å². The summed E-state index contributed by atoms with van der Waals surface area (Å²) in [5, 5.41) is 0. The number of hydrogen-bond donors (Lipinski definition) is 0. The van der Waals surface area contributed by atoms with Crippen LogP contribution in [0, 0.1) is 0 Å². The Morgan fingerprint density at radius 2 is 1.58 bits per heavy atom. The fraction of sp³-hybridized carbons (Fsp3) is 0.250. The molecule has 1 aliphatic rings. The Kier molecular flexibility index (Phi) is 6.52. The van der Waals surface area contributed by atoms with Gasteiger partial charge in [0.25, 0.3) is 5.91 Å². The van der Waals surface area contributed by atoms with Crippen molar-refractivity contribution in [1.29, 1.82) is 0 Å². The van der Waals surface area contributed by atoms with Crippen molar-refractivity contribution in [2.75, 3.05) is 26.2 Å². The average Bonchev–Trinajstić information content (AvgIpc) is 2.84. The molecule has 1 saturated heterocycles. The van der Waals surface area contributed by atoms with Gasteiger partial charge in [-0.25, -0.2) is 4.98 Å². The minimum absolute atomic E-state index is 0.0336. The monoisotopic (exact) mass is 416 g/mol. The van der Waals surface area contributed by atoms with E-state index in [0.29, 0.717) is 44.2 Å². The van der Waals surface area contributed by atoms with Crippen molar-refractivity contribution in [3.63, 3.8) is 0 Å². The van der Waals surface area contributed by atoms with E-state index in [4.69, 9.17) is 4.74 Å². The van der Waals surface area contributed by atoms with E-state index in [0.717, 1.165) is 11.3 Å². The van der Waals surface area contributed by atoms with Crippen LogP contribution in [0.2, 0.25) is 0 Å². The summed E-state index contributed by atoms with van der Waals surface area (Å²) in [5.74, 6) is 0.369. The molecule has 158 valence electrons.